The molecule has 5 nitrogen and oxygen atoms in total. The smallest absolute Gasteiger partial charge is 0.237 e. The Balaban J connectivity index is 1.30. The van der Waals surface area contributed by atoms with Crippen molar-refractivity contribution in [1.29, 1.82) is 0 Å². The lowest BCUT2D eigenvalue weighted by Crippen LogP contribution is -2.22. The Labute approximate surface area is 192 Å². The highest BCUT2D eigenvalue weighted by atomic mass is 32.2. The van der Waals surface area contributed by atoms with E-state index in [0.717, 1.165) is 28.7 Å². The van der Waals surface area contributed by atoms with Gasteiger partial charge in [0.2, 0.25) is 5.91 Å². The maximum atomic E-state index is 12.7. The fourth-order valence-electron chi connectivity index (χ4n) is 3.14. The molecule has 1 amide bonds. The van der Waals surface area contributed by atoms with Gasteiger partial charge >= 0.3 is 0 Å². The number of hydrogen-bond donors (Lipinski definition) is 1. The second-order valence-electron chi connectivity index (χ2n) is 7.37. The number of aromatic nitrogens is 2. The van der Waals surface area contributed by atoms with Gasteiger partial charge in [-0.2, -0.15) is 0 Å². The van der Waals surface area contributed by atoms with Gasteiger partial charge in [0, 0.05) is 24.6 Å². The largest absolute Gasteiger partial charge is 0.489 e. The molecule has 0 radical (unpaired) electrons. The van der Waals surface area contributed by atoms with Crippen molar-refractivity contribution in [3.63, 3.8) is 0 Å². The minimum atomic E-state index is -0.291. The highest BCUT2D eigenvalue weighted by Gasteiger charge is 2.17. The van der Waals surface area contributed by atoms with Crippen molar-refractivity contribution in [3.8, 4) is 5.75 Å². The van der Waals surface area contributed by atoms with Gasteiger partial charge in [-0.25, -0.2) is 4.98 Å². The number of benzene rings is 3. The first-order valence-electron chi connectivity index (χ1n) is 10.5. The van der Waals surface area contributed by atoms with Crippen LogP contribution in [0.1, 0.15) is 18.1 Å². The van der Waals surface area contributed by atoms with Crippen molar-refractivity contribution in [2.45, 2.75) is 30.5 Å². The molecule has 162 valence electrons. The molecule has 32 heavy (non-hydrogen) atoms. The summed E-state index contributed by atoms with van der Waals surface area (Å²) in [6, 6.07) is 27.7. The quantitative estimate of drug-likeness (QED) is 0.341. The second-order valence-corrected chi connectivity index (χ2v) is 8.68. The van der Waals surface area contributed by atoms with Crippen LogP contribution < -0.4 is 10.1 Å². The highest BCUT2D eigenvalue weighted by Crippen LogP contribution is 2.24. The van der Waals surface area contributed by atoms with E-state index in [2.05, 4.69) is 27.0 Å². The van der Waals surface area contributed by atoms with Crippen LogP contribution in [0.3, 0.4) is 0 Å². The zero-order chi connectivity index (χ0) is 22.2. The van der Waals surface area contributed by atoms with E-state index < -0.39 is 0 Å². The van der Waals surface area contributed by atoms with Crippen LogP contribution in [0, 0.1) is 0 Å². The number of nitrogens with zero attached hydrogens (tertiary/aromatic N) is 2. The van der Waals surface area contributed by atoms with Crippen LogP contribution in [-0.4, -0.2) is 20.7 Å². The van der Waals surface area contributed by atoms with Gasteiger partial charge in [-0.3, -0.25) is 4.79 Å². The van der Waals surface area contributed by atoms with E-state index in [9.17, 15) is 4.79 Å². The molecular formula is C26H25N3O2S. The third-order valence-corrected chi connectivity index (χ3v) is 6.01. The molecule has 4 aromatic rings. The zero-order valence-electron chi connectivity index (χ0n) is 17.8. The van der Waals surface area contributed by atoms with E-state index in [4.69, 9.17) is 4.74 Å². The first-order valence-corrected chi connectivity index (χ1v) is 11.3. The molecule has 0 aliphatic rings. The predicted molar refractivity (Wildman–Crippen MR) is 129 cm³/mol. The molecule has 0 saturated carbocycles. The van der Waals surface area contributed by atoms with Gasteiger partial charge in [-0.05, 0) is 42.3 Å². The summed E-state index contributed by atoms with van der Waals surface area (Å²) in [5.74, 6) is 0.694. The molecule has 1 aromatic heterocycles. The number of amides is 1. The Hall–Kier alpha value is -3.51. The molecule has 1 N–H and O–H groups in total. The Morgan fingerprint density at radius 2 is 1.62 bits per heavy atom. The number of anilines is 1. The lowest BCUT2D eigenvalue weighted by Gasteiger charge is -2.14. The Morgan fingerprint density at radius 1 is 0.969 bits per heavy atom. The first kappa shape index (κ1) is 21.7. The van der Waals surface area contributed by atoms with Crippen LogP contribution in [0.5, 0.6) is 5.75 Å². The number of thioether (sulfide) groups is 1. The van der Waals surface area contributed by atoms with Crippen molar-refractivity contribution in [1.82, 2.24) is 9.55 Å². The molecule has 0 spiro atoms. The summed E-state index contributed by atoms with van der Waals surface area (Å²) in [5, 5.41) is 3.50. The average Bonchev–Trinajstić information content (AvgIpc) is 3.26. The molecule has 0 aliphatic heterocycles. The van der Waals surface area contributed by atoms with Gasteiger partial charge in [-0.15, -0.1) is 0 Å². The van der Waals surface area contributed by atoms with Crippen molar-refractivity contribution in [2.75, 3.05) is 5.32 Å². The van der Waals surface area contributed by atoms with Crippen molar-refractivity contribution in [2.24, 2.45) is 0 Å². The van der Waals surface area contributed by atoms with E-state index >= 15 is 0 Å². The van der Waals surface area contributed by atoms with Crippen LogP contribution in [-0.2, 0) is 17.9 Å². The molecule has 0 saturated heterocycles. The van der Waals surface area contributed by atoms with E-state index in [1.807, 2.05) is 85.9 Å². The molecule has 1 unspecified atom stereocenters. The molecule has 0 aliphatic carbocycles. The molecule has 0 fully saturated rings. The van der Waals surface area contributed by atoms with Crippen molar-refractivity contribution < 1.29 is 9.53 Å². The molecule has 1 heterocycles. The third kappa shape index (κ3) is 6.02. The van der Waals surface area contributed by atoms with Gasteiger partial charge in [0.1, 0.15) is 12.4 Å². The van der Waals surface area contributed by atoms with Crippen molar-refractivity contribution >= 4 is 23.4 Å². The van der Waals surface area contributed by atoms with Crippen molar-refractivity contribution in [3.05, 3.63) is 108 Å². The van der Waals surface area contributed by atoms with E-state index in [1.54, 1.807) is 6.20 Å². The lowest BCUT2D eigenvalue weighted by atomic mass is 10.2. The summed E-state index contributed by atoms with van der Waals surface area (Å²) in [6.07, 6.45) is 3.71. The number of imidazole rings is 1. The maximum absolute atomic E-state index is 12.7. The molecule has 4 rings (SSSR count). The molecule has 3 aromatic carbocycles. The zero-order valence-corrected chi connectivity index (χ0v) is 18.7. The Morgan fingerprint density at radius 3 is 2.31 bits per heavy atom. The molecule has 1 atom stereocenters. The number of hydrogen-bond acceptors (Lipinski definition) is 4. The number of carbonyl (C=O) groups is 1. The minimum absolute atomic E-state index is 0.0674. The maximum Gasteiger partial charge on any atom is 0.237 e. The topological polar surface area (TPSA) is 56.2 Å². The third-order valence-electron chi connectivity index (χ3n) is 4.89. The summed E-state index contributed by atoms with van der Waals surface area (Å²) in [6.45, 7) is 3.12. The normalized spacial score (nSPS) is 11.7. The Kier molecular flexibility index (Phi) is 7.25. The van der Waals surface area contributed by atoms with Gasteiger partial charge in [0.05, 0.1) is 5.25 Å². The summed E-state index contributed by atoms with van der Waals surface area (Å²) in [7, 11) is 0. The minimum Gasteiger partial charge on any atom is -0.489 e. The van der Waals surface area contributed by atoms with Crippen LogP contribution in [0.2, 0.25) is 0 Å². The average molecular weight is 444 g/mol. The molecule has 0 bridgehead atoms. The number of ether oxygens (including phenoxy) is 1. The predicted octanol–water partition coefficient (Wildman–Crippen LogP) is 5.63. The molecule has 6 heteroatoms. The Bertz CT molecular complexity index is 1130. The van der Waals surface area contributed by atoms with Crippen LogP contribution in [0.25, 0.3) is 0 Å². The van der Waals surface area contributed by atoms with Gasteiger partial charge in [0.25, 0.3) is 0 Å². The van der Waals surface area contributed by atoms with Crippen LogP contribution in [0.4, 0.5) is 5.69 Å². The number of rotatable bonds is 9. The van der Waals surface area contributed by atoms with Gasteiger partial charge in [-0.1, -0.05) is 72.4 Å². The summed E-state index contributed by atoms with van der Waals surface area (Å²) >= 11 is 1.45. The summed E-state index contributed by atoms with van der Waals surface area (Å²) in [5.41, 5.74) is 3.04. The van der Waals surface area contributed by atoms with Crippen LogP contribution >= 0.6 is 11.8 Å². The monoisotopic (exact) mass is 443 g/mol. The standard InChI is InChI=1S/C26H25N3O2S/c1-20(32-26-27-16-17-29(26)18-21-8-4-2-5-9-21)25(30)28-23-12-14-24(15-13-23)31-19-22-10-6-3-7-11-22/h2-17,20H,18-19H2,1H3,(H,28,30). The molecular weight excluding hydrogens is 418 g/mol. The van der Waals surface area contributed by atoms with E-state index in [1.165, 1.54) is 17.3 Å². The van der Waals surface area contributed by atoms with Crippen LogP contribution in [0.15, 0.2) is 102 Å². The fraction of sp³-hybridized carbons (Fsp3) is 0.154. The van der Waals surface area contributed by atoms with E-state index in [0.29, 0.717) is 6.61 Å². The van der Waals surface area contributed by atoms with Gasteiger partial charge < -0.3 is 14.6 Å². The number of nitrogens with one attached hydrogen (secondary N) is 1. The van der Waals surface area contributed by atoms with E-state index in [-0.39, 0.29) is 11.2 Å². The second kappa shape index (κ2) is 10.7. The summed E-state index contributed by atoms with van der Waals surface area (Å²) in [4.78, 5) is 17.1. The highest BCUT2D eigenvalue weighted by molar-refractivity contribution is 8.00. The number of carbonyl (C=O) groups excluding carboxylic acids is 1. The SMILES string of the molecule is CC(Sc1nccn1Cc1ccccc1)C(=O)Nc1ccc(OCc2ccccc2)cc1. The lowest BCUT2D eigenvalue weighted by molar-refractivity contribution is -0.115. The van der Waals surface area contributed by atoms with Gasteiger partial charge in [0.15, 0.2) is 5.16 Å². The first-order chi connectivity index (χ1) is 15.7. The fourth-order valence-corrected chi connectivity index (χ4v) is 4.01. The summed E-state index contributed by atoms with van der Waals surface area (Å²) < 4.78 is 7.86.